The zero-order valence-corrected chi connectivity index (χ0v) is 11.5. The van der Waals surface area contributed by atoms with Gasteiger partial charge in [-0.15, -0.1) is 0 Å². The van der Waals surface area contributed by atoms with Crippen molar-refractivity contribution in [3.63, 3.8) is 0 Å². The number of carbonyl (C=O) groups is 1. The molecule has 98 valence electrons. The van der Waals surface area contributed by atoms with Gasteiger partial charge >= 0.3 is 0 Å². The first-order chi connectivity index (χ1) is 7.98. The second-order valence-electron chi connectivity index (χ2n) is 6.54. The molecule has 3 nitrogen and oxygen atoms in total. The molecule has 1 atom stereocenters. The molecule has 0 aliphatic carbocycles. The summed E-state index contributed by atoms with van der Waals surface area (Å²) >= 11 is 0. The molecule has 2 heterocycles. The molecule has 2 aliphatic heterocycles. The van der Waals surface area contributed by atoms with Crippen molar-refractivity contribution in [1.29, 1.82) is 0 Å². The Labute approximate surface area is 105 Å². The topological polar surface area (TPSA) is 23.6 Å². The number of piperidine rings is 1. The van der Waals surface area contributed by atoms with Crippen LogP contribution in [-0.4, -0.2) is 47.9 Å². The lowest BCUT2D eigenvalue weighted by Gasteiger charge is -2.32. The van der Waals surface area contributed by atoms with Gasteiger partial charge in [0.1, 0.15) is 0 Å². The van der Waals surface area contributed by atoms with Crippen molar-refractivity contribution >= 4 is 5.91 Å². The van der Waals surface area contributed by atoms with Gasteiger partial charge in [-0.25, -0.2) is 0 Å². The Hall–Kier alpha value is -0.570. The molecule has 1 amide bonds. The molecule has 0 N–H and O–H groups in total. The maximum absolute atomic E-state index is 12.2. The number of nitrogens with zero attached hydrogens (tertiary/aromatic N) is 2. The van der Waals surface area contributed by atoms with Crippen LogP contribution in [0.4, 0.5) is 0 Å². The van der Waals surface area contributed by atoms with E-state index in [0.29, 0.717) is 11.9 Å². The van der Waals surface area contributed by atoms with E-state index in [-0.39, 0.29) is 5.41 Å². The van der Waals surface area contributed by atoms with Crippen LogP contribution >= 0.6 is 0 Å². The predicted molar refractivity (Wildman–Crippen MR) is 69.9 cm³/mol. The normalized spacial score (nSPS) is 27.5. The van der Waals surface area contributed by atoms with Gasteiger partial charge in [-0.1, -0.05) is 27.2 Å². The fourth-order valence-corrected chi connectivity index (χ4v) is 2.98. The molecule has 0 bridgehead atoms. The lowest BCUT2D eigenvalue weighted by molar-refractivity contribution is -0.138. The third-order valence-electron chi connectivity index (χ3n) is 4.00. The van der Waals surface area contributed by atoms with E-state index >= 15 is 0 Å². The van der Waals surface area contributed by atoms with Crippen LogP contribution in [0.3, 0.4) is 0 Å². The lowest BCUT2D eigenvalue weighted by Crippen LogP contribution is -2.43. The maximum atomic E-state index is 12.2. The molecule has 0 spiro atoms. The first kappa shape index (κ1) is 12.9. The first-order valence-electron chi connectivity index (χ1n) is 7.02. The van der Waals surface area contributed by atoms with Crippen molar-refractivity contribution in [2.24, 2.45) is 5.41 Å². The van der Waals surface area contributed by atoms with Crippen LogP contribution in [0.2, 0.25) is 0 Å². The van der Waals surface area contributed by atoms with Crippen molar-refractivity contribution in [1.82, 2.24) is 9.80 Å². The molecule has 0 radical (unpaired) electrons. The molecular weight excluding hydrogens is 212 g/mol. The number of rotatable bonds is 1. The number of amides is 1. The number of hydrogen-bond donors (Lipinski definition) is 0. The van der Waals surface area contributed by atoms with E-state index in [9.17, 15) is 4.79 Å². The molecule has 3 heteroatoms. The minimum absolute atomic E-state index is 0.225. The first-order valence-corrected chi connectivity index (χ1v) is 7.02. The molecule has 2 aliphatic rings. The number of hydrogen-bond acceptors (Lipinski definition) is 2. The zero-order chi connectivity index (χ0) is 12.5. The molecule has 0 aromatic rings. The second kappa shape index (κ2) is 4.97. The highest BCUT2D eigenvalue weighted by molar-refractivity contribution is 5.81. The van der Waals surface area contributed by atoms with Gasteiger partial charge in [0.2, 0.25) is 5.91 Å². The smallest absolute Gasteiger partial charge is 0.228 e. The van der Waals surface area contributed by atoms with Crippen molar-refractivity contribution in [3.8, 4) is 0 Å². The van der Waals surface area contributed by atoms with Gasteiger partial charge in [-0.2, -0.15) is 0 Å². The number of likely N-dealkylation sites (tertiary alicyclic amines) is 2. The molecule has 2 rings (SSSR count). The third kappa shape index (κ3) is 3.01. The highest BCUT2D eigenvalue weighted by atomic mass is 16.2. The monoisotopic (exact) mass is 238 g/mol. The predicted octanol–water partition coefficient (Wildman–Crippen LogP) is 2.12. The summed E-state index contributed by atoms with van der Waals surface area (Å²) in [4.78, 5) is 16.9. The minimum Gasteiger partial charge on any atom is -0.341 e. The molecule has 1 unspecified atom stereocenters. The van der Waals surface area contributed by atoms with Gasteiger partial charge in [-0.05, 0) is 32.4 Å². The Morgan fingerprint density at radius 2 is 1.71 bits per heavy atom. The molecule has 0 aromatic carbocycles. The number of carbonyl (C=O) groups excluding carboxylic acids is 1. The summed E-state index contributed by atoms with van der Waals surface area (Å²) in [5.74, 6) is 0.317. The highest BCUT2D eigenvalue weighted by Crippen LogP contribution is 2.24. The Balaban J connectivity index is 1.88. The molecule has 0 aromatic heterocycles. The van der Waals surface area contributed by atoms with Gasteiger partial charge < -0.3 is 4.90 Å². The van der Waals surface area contributed by atoms with E-state index in [1.165, 1.54) is 38.8 Å². The second-order valence-corrected chi connectivity index (χ2v) is 6.54. The summed E-state index contributed by atoms with van der Waals surface area (Å²) in [6.45, 7) is 10.4. The van der Waals surface area contributed by atoms with Crippen molar-refractivity contribution in [3.05, 3.63) is 0 Å². The summed E-state index contributed by atoms with van der Waals surface area (Å²) in [5, 5.41) is 0. The summed E-state index contributed by atoms with van der Waals surface area (Å²) in [6, 6.07) is 0.626. The largest absolute Gasteiger partial charge is 0.341 e. The summed E-state index contributed by atoms with van der Waals surface area (Å²) < 4.78 is 0. The van der Waals surface area contributed by atoms with Crippen molar-refractivity contribution in [2.45, 2.75) is 52.5 Å². The van der Waals surface area contributed by atoms with E-state index in [0.717, 1.165) is 13.1 Å². The van der Waals surface area contributed by atoms with Crippen LogP contribution < -0.4 is 0 Å². The van der Waals surface area contributed by atoms with E-state index in [4.69, 9.17) is 0 Å². The Morgan fingerprint density at radius 3 is 2.29 bits per heavy atom. The standard InChI is InChI=1S/C14H26N2O/c1-14(2,3)13(17)16-10-7-12(11-16)15-8-5-4-6-9-15/h12H,4-11H2,1-3H3. The molecular formula is C14H26N2O. The van der Waals surface area contributed by atoms with E-state index in [1.807, 2.05) is 20.8 Å². The molecule has 17 heavy (non-hydrogen) atoms. The molecule has 2 saturated heterocycles. The Bertz CT molecular complexity index is 276. The maximum Gasteiger partial charge on any atom is 0.228 e. The highest BCUT2D eigenvalue weighted by Gasteiger charge is 2.35. The minimum atomic E-state index is -0.225. The average molecular weight is 238 g/mol. The van der Waals surface area contributed by atoms with Gasteiger partial charge in [0.25, 0.3) is 0 Å². The summed E-state index contributed by atoms with van der Waals surface area (Å²) in [7, 11) is 0. The van der Waals surface area contributed by atoms with E-state index < -0.39 is 0 Å². The van der Waals surface area contributed by atoms with E-state index in [1.54, 1.807) is 0 Å². The zero-order valence-electron chi connectivity index (χ0n) is 11.5. The SMILES string of the molecule is CC(C)(C)C(=O)N1CCC(N2CCCCC2)C1. The van der Waals surface area contributed by atoms with Gasteiger partial charge in [0.15, 0.2) is 0 Å². The van der Waals surface area contributed by atoms with Crippen LogP contribution in [0.15, 0.2) is 0 Å². The summed E-state index contributed by atoms with van der Waals surface area (Å²) in [5.41, 5.74) is -0.225. The lowest BCUT2D eigenvalue weighted by atomic mass is 9.95. The fourth-order valence-electron chi connectivity index (χ4n) is 2.98. The van der Waals surface area contributed by atoms with Gasteiger partial charge in [-0.3, -0.25) is 9.69 Å². The van der Waals surface area contributed by atoms with Gasteiger partial charge in [0, 0.05) is 24.5 Å². The molecule has 0 saturated carbocycles. The third-order valence-corrected chi connectivity index (χ3v) is 4.00. The Kier molecular flexibility index (Phi) is 3.76. The molecule has 2 fully saturated rings. The quantitative estimate of drug-likeness (QED) is 0.698. The Morgan fingerprint density at radius 1 is 1.06 bits per heavy atom. The summed E-state index contributed by atoms with van der Waals surface area (Å²) in [6.07, 6.45) is 5.23. The van der Waals surface area contributed by atoms with Crippen molar-refractivity contribution < 1.29 is 4.79 Å². The van der Waals surface area contributed by atoms with Crippen LogP contribution in [-0.2, 0) is 4.79 Å². The van der Waals surface area contributed by atoms with Crippen LogP contribution in [0, 0.1) is 5.41 Å². The van der Waals surface area contributed by atoms with Gasteiger partial charge in [0.05, 0.1) is 0 Å². The van der Waals surface area contributed by atoms with Crippen molar-refractivity contribution in [2.75, 3.05) is 26.2 Å². The van der Waals surface area contributed by atoms with E-state index in [2.05, 4.69) is 9.80 Å². The van der Waals surface area contributed by atoms with Crippen LogP contribution in [0.25, 0.3) is 0 Å². The average Bonchev–Trinajstić information content (AvgIpc) is 2.77. The van der Waals surface area contributed by atoms with Crippen LogP contribution in [0.1, 0.15) is 46.5 Å². The fraction of sp³-hybridized carbons (Fsp3) is 0.929. The van der Waals surface area contributed by atoms with Crippen LogP contribution in [0.5, 0.6) is 0 Å².